The van der Waals surface area contributed by atoms with Crippen molar-refractivity contribution in [3.05, 3.63) is 69.8 Å². The summed E-state index contributed by atoms with van der Waals surface area (Å²) in [5, 5.41) is 5.19. The fraction of sp³-hybridized carbons (Fsp3) is 0.118. The first kappa shape index (κ1) is 14.9. The lowest BCUT2D eigenvalue weighted by Gasteiger charge is -2.14. The molecule has 0 saturated heterocycles. The first-order valence-corrected chi connectivity index (χ1v) is 7.63. The van der Waals surface area contributed by atoms with E-state index in [2.05, 4.69) is 10.3 Å². The zero-order valence-corrected chi connectivity index (χ0v) is 13.4. The van der Waals surface area contributed by atoms with Gasteiger partial charge in [0.1, 0.15) is 5.69 Å². The van der Waals surface area contributed by atoms with E-state index in [4.69, 9.17) is 23.2 Å². The van der Waals surface area contributed by atoms with Crippen molar-refractivity contribution >= 4 is 40.0 Å². The number of rotatable bonds is 3. The van der Waals surface area contributed by atoms with Gasteiger partial charge >= 0.3 is 0 Å². The van der Waals surface area contributed by atoms with Gasteiger partial charge in [-0.3, -0.25) is 4.79 Å². The quantitative estimate of drug-likeness (QED) is 0.699. The predicted octanol–water partition coefficient (Wildman–Crippen LogP) is 4.97. The third-order valence-electron chi connectivity index (χ3n) is 3.53. The molecule has 5 heteroatoms. The van der Waals surface area contributed by atoms with Crippen LogP contribution in [0.2, 0.25) is 10.0 Å². The molecule has 1 unspecified atom stereocenters. The highest BCUT2D eigenvalue weighted by Crippen LogP contribution is 2.21. The first-order chi connectivity index (χ1) is 10.5. The van der Waals surface area contributed by atoms with Crippen LogP contribution in [0.5, 0.6) is 0 Å². The maximum absolute atomic E-state index is 12.4. The molecule has 1 heterocycles. The molecule has 0 aliphatic heterocycles. The van der Waals surface area contributed by atoms with Gasteiger partial charge in [-0.05, 0) is 42.8 Å². The smallest absolute Gasteiger partial charge is 0.268 e. The standard InChI is InChI=1S/C17H14Cl2N2O/c1-10(11-3-2-4-13(18)7-11)20-17(22)16-8-12-5-6-14(19)9-15(12)21-16/h2-10,21H,1H3,(H,20,22). The van der Waals surface area contributed by atoms with Gasteiger partial charge in [-0.1, -0.05) is 41.4 Å². The van der Waals surface area contributed by atoms with Crippen LogP contribution in [0, 0.1) is 0 Å². The lowest BCUT2D eigenvalue weighted by atomic mass is 10.1. The highest BCUT2D eigenvalue weighted by Gasteiger charge is 2.14. The summed E-state index contributed by atoms with van der Waals surface area (Å²) in [6, 6.07) is 14.6. The van der Waals surface area contributed by atoms with E-state index >= 15 is 0 Å². The zero-order valence-electron chi connectivity index (χ0n) is 11.9. The zero-order chi connectivity index (χ0) is 15.7. The minimum Gasteiger partial charge on any atom is -0.350 e. The molecule has 3 rings (SSSR count). The average Bonchev–Trinajstić information content (AvgIpc) is 2.90. The van der Waals surface area contributed by atoms with Crippen molar-refractivity contribution in [1.82, 2.24) is 10.3 Å². The Morgan fingerprint density at radius 3 is 2.64 bits per heavy atom. The number of aromatic amines is 1. The Hall–Kier alpha value is -1.97. The lowest BCUT2D eigenvalue weighted by Crippen LogP contribution is -2.26. The molecule has 0 spiro atoms. The van der Waals surface area contributed by atoms with Crippen molar-refractivity contribution < 1.29 is 4.79 Å². The SMILES string of the molecule is CC(NC(=O)c1cc2ccc(Cl)cc2[nH]1)c1cccc(Cl)c1. The second kappa shape index (κ2) is 6.03. The van der Waals surface area contributed by atoms with Gasteiger partial charge in [-0.15, -0.1) is 0 Å². The molecule has 1 amide bonds. The summed E-state index contributed by atoms with van der Waals surface area (Å²) < 4.78 is 0. The van der Waals surface area contributed by atoms with E-state index in [0.29, 0.717) is 15.7 Å². The topological polar surface area (TPSA) is 44.9 Å². The number of fused-ring (bicyclic) bond motifs is 1. The Morgan fingerprint density at radius 1 is 1.09 bits per heavy atom. The van der Waals surface area contributed by atoms with Gasteiger partial charge in [0.25, 0.3) is 5.91 Å². The van der Waals surface area contributed by atoms with Crippen molar-refractivity contribution in [1.29, 1.82) is 0 Å². The molecule has 0 bridgehead atoms. The van der Waals surface area contributed by atoms with Gasteiger partial charge in [-0.25, -0.2) is 0 Å². The van der Waals surface area contributed by atoms with Crippen molar-refractivity contribution in [2.24, 2.45) is 0 Å². The van der Waals surface area contributed by atoms with Crippen LogP contribution < -0.4 is 5.32 Å². The Bertz CT molecular complexity index is 842. The summed E-state index contributed by atoms with van der Waals surface area (Å²) >= 11 is 11.9. The molecule has 0 saturated carbocycles. The maximum atomic E-state index is 12.4. The molecule has 0 aliphatic carbocycles. The van der Waals surface area contributed by atoms with Gasteiger partial charge in [0, 0.05) is 20.9 Å². The van der Waals surface area contributed by atoms with Crippen molar-refractivity contribution in [3.63, 3.8) is 0 Å². The van der Waals surface area contributed by atoms with Gasteiger partial charge < -0.3 is 10.3 Å². The number of hydrogen-bond acceptors (Lipinski definition) is 1. The summed E-state index contributed by atoms with van der Waals surface area (Å²) in [5.41, 5.74) is 2.30. The highest BCUT2D eigenvalue weighted by molar-refractivity contribution is 6.31. The minimum absolute atomic E-state index is 0.138. The molecule has 0 aliphatic rings. The molecule has 3 nitrogen and oxygen atoms in total. The molecule has 1 atom stereocenters. The van der Waals surface area contributed by atoms with Gasteiger partial charge in [-0.2, -0.15) is 0 Å². The molecule has 0 fully saturated rings. The third-order valence-corrected chi connectivity index (χ3v) is 4.00. The normalized spacial score (nSPS) is 12.3. The van der Waals surface area contributed by atoms with E-state index in [-0.39, 0.29) is 11.9 Å². The monoisotopic (exact) mass is 332 g/mol. The molecule has 2 aromatic carbocycles. The Kier molecular flexibility index (Phi) is 4.10. The summed E-state index contributed by atoms with van der Waals surface area (Å²) in [6.07, 6.45) is 0. The largest absolute Gasteiger partial charge is 0.350 e. The summed E-state index contributed by atoms with van der Waals surface area (Å²) in [7, 11) is 0. The van der Waals surface area contributed by atoms with Crippen LogP contribution >= 0.6 is 23.2 Å². The number of hydrogen-bond donors (Lipinski definition) is 2. The number of carbonyl (C=O) groups excluding carboxylic acids is 1. The molecule has 112 valence electrons. The fourth-order valence-corrected chi connectivity index (χ4v) is 2.73. The van der Waals surface area contributed by atoms with Crippen LogP contribution in [0.25, 0.3) is 10.9 Å². The van der Waals surface area contributed by atoms with E-state index in [0.717, 1.165) is 16.5 Å². The van der Waals surface area contributed by atoms with Gasteiger partial charge in [0.2, 0.25) is 0 Å². The number of carbonyl (C=O) groups is 1. The number of halogens is 2. The molecule has 22 heavy (non-hydrogen) atoms. The minimum atomic E-state index is -0.167. The number of benzene rings is 2. The summed E-state index contributed by atoms with van der Waals surface area (Å²) in [4.78, 5) is 15.4. The van der Waals surface area contributed by atoms with Crippen LogP contribution in [0.4, 0.5) is 0 Å². The van der Waals surface area contributed by atoms with E-state index in [1.807, 2.05) is 37.3 Å². The number of H-pyrrole nitrogens is 1. The Balaban J connectivity index is 1.80. The maximum Gasteiger partial charge on any atom is 0.268 e. The molecule has 0 radical (unpaired) electrons. The summed E-state index contributed by atoms with van der Waals surface area (Å²) in [5.74, 6) is -0.167. The summed E-state index contributed by atoms with van der Waals surface area (Å²) in [6.45, 7) is 1.92. The Labute approximate surface area is 138 Å². The van der Waals surface area contributed by atoms with Crippen molar-refractivity contribution in [2.75, 3.05) is 0 Å². The highest BCUT2D eigenvalue weighted by atomic mass is 35.5. The molecule has 3 aromatic rings. The van der Waals surface area contributed by atoms with Gasteiger partial charge in [0.15, 0.2) is 0 Å². The molecule has 2 N–H and O–H groups in total. The van der Waals surface area contributed by atoms with E-state index in [1.54, 1.807) is 18.2 Å². The van der Waals surface area contributed by atoms with Crippen molar-refractivity contribution in [2.45, 2.75) is 13.0 Å². The van der Waals surface area contributed by atoms with Crippen LogP contribution in [-0.4, -0.2) is 10.9 Å². The van der Waals surface area contributed by atoms with E-state index in [1.165, 1.54) is 0 Å². The lowest BCUT2D eigenvalue weighted by molar-refractivity contribution is 0.0935. The average molecular weight is 333 g/mol. The molecule has 1 aromatic heterocycles. The predicted molar refractivity (Wildman–Crippen MR) is 90.6 cm³/mol. The van der Waals surface area contributed by atoms with Crippen LogP contribution in [0.15, 0.2) is 48.5 Å². The van der Waals surface area contributed by atoms with Crippen molar-refractivity contribution in [3.8, 4) is 0 Å². The second-order valence-corrected chi connectivity index (χ2v) is 6.04. The van der Waals surface area contributed by atoms with Crippen LogP contribution in [0.1, 0.15) is 29.0 Å². The molecular weight excluding hydrogens is 319 g/mol. The Morgan fingerprint density at radius 2 is 1.86 bits per heavy atom. The van der Waals surface area contributed by atoms with Crippen LogP contribution in [0.3, 0.4) is 0 Å². The van der Waals surface area contributed by atoms with E-state index in [9.17, 15) is 4.79 Å². The molecular formula is C17H14Cl2N2O. The van der Waals surface area contributed by atoms with Crippen LogP contribution in [-0.2, 0) is 0 Å². The van der Waals surface area contributed by atoms with Gasteiger partial charge in [0.05, 0.1) is 6.04 Å². The number of aromatic nitrogens is 1. The first-order valence-electron chi connectivity index (χ1n) is 6.87. The number of nitrogens with one attached hydrogen (secondary N) is 2. The fourth-order valence-electron chi connectivity index (χ4n) is 2.36. The number of amides is 1. The second-order valence-electron chi connectivity index (χ2n) is 5.16. The third kappa shape index (κ3) is 3.11. The van der Waals surface area contributed by atoms with E-state index < -0.39 is 0 Å².